The van der Waals surface area contributed by atoms with E-state index < -0.39 is 111 Å². The fourth-order valence-corrected chi connectivity index (χ4v) is 9.99. The summed E-state index contributed by atoms with van der Waals surface area (Å²) < 4.78 is 46.3. The highest BCUT2D eigenvalue weighted by atomic mass is 32.2. The van der Waals surface area contributed by atoms with E-state index in [0.717, 1.165) is 10.5 Å². The molecule has 2 aromatic carbocycles. The number of hydrogen-bond acceptors (Lipinski definition) is 10. The molecule has 4 aliphatic rings. The number of benzene rings is 2. The van der Waals surface area contributed by atoms with Crippen LogP contribution in [0.5, 0.6) is 0 Å². The van der Waals surface area contributed by atoms with Gasteiger partial charge in [-0.1, -0.05) is 48.9 Å². The second-order valence-corrected chi connectivity index (χ2v) is 18.9. The molecule has 4 saturated heterocycles. The smallest absolute Gasteiger partial charge is 0.329 e. The molecule has 0 unspecified atom stereocenters. The lowest BCUT2D eigenvalue weighted by atomic mass is 10.0. The lowest BCUT2D eigenvalue weighted by molar-refractivity contribution is -0.163. The number of ether oxygens (including phenoxy) is 1. The summed E-state index contributed by atoms with van der Waals surface area (Å²) in [6.07, 6.45) is -1.08. The molecule has 0 spiro atoms. The van der Waals surface area contributed by atoms with Gasteiger partial charge < -0.3 is 35.4 Å². The van der Waals surface area contributed by atoms with Crippen molar-refractivity contribution in [2.24, 2.45) is 5.92 Å². The first kappa shape index (κ1) is 44.2. The molecule has 0 saturated carbocycles. The Morgan fingerprint density at radius 1 is 0.900 bits per heavy atom. The Morgan fingerprint density at radius 3 is 2.33 bits per heavy atom. The second kappa shape index (κ2) is 18.1. The van der Waals surface area contributed by atoms with Gasteiger partial charge >= 0.3 is 5.97 Å². The van der Waals surface area contributed by atoms with Crippen LogP contribution in [0.25, 0.3) is 0 Å². The van der Waals surface area contributed by atoms with E-state index in [-0.39, 0.29) is 56.8 Å². The molecule has 4 aliphatic heterocycles. The topological polar surface area (TPSA) is 209 Å². The van der Waals surface area contributed by atoms with Crippen molar-refractivity contribution < 1.29 is 51.1 Å². The van der Waals surface area contributed by atoms with Gasteiger partial charge in [-0.2, -0.15) is 0 Å². The van der Waals surface area contributed by atoms with Crippen LogP contribution in [0.15, 0.2) is 42.5 Å². The Kier molecular flexibility index (Phi) is 13.3. The molecule has 0 aromatic heterocycles. The van der Waals surface area contributed by atoms with E-state index in [1.807, 2.05) is 26.0 Å². The number of fused-ring (bicyclic) bond motifs is 3. The van der Waals surface area contributed by atoms with Crippen LogP contribution >= 0.6 is 0 Å². The van der Waals surface area contributed by atoms with Crippen LogP contribution in [0.4, 0.5) is 4.39 Å². The maximum absolute atomic E-state index is 14.8. The number of nitrogens with zero attached hydrogens (tertiary/aromatic N) is 3. The van der Waals surface area contributed by atoms with Gasteiger partial charge in [0.1, 0.15) is 48.2 Å². The molecular formula is C42H53FN6O10S. The average molecular weight is 853 g/mol. The minimum atomic E-state index is -3.77. The molecule has 324 valence electrons. The Hall–Kier alpha value is -5.39. The monoisotopic (exact) mass is 852 g/mol. The van der Waals surface area contributed by atoms with Crippen molar-refractivity contribution in [2.45, 2.75) is 109 Å². The molecule has 6 amide bonds. The van der Waals surface area contributed by atoms with Crippen LogP contribution < -0.4 is 16.0 Å². The molecule has 18 heteroatoms. The quantitative estimate of drug-likeness (QED) is 0.329. The number of amides is 6. The highest BCUT2D eigenvalue weighted by molar-refractivity contribution is 7.91. The van der Waals surface area contributed by atoms with Crippen molar-refractivity contribution in [3.05, 3.63) is 70.5 Å². The SMILES string of the molecule is Cc1cccc(C[C@H](NC(=O)Cc2ccc(C)cc2F)C(=O)N[C@@H]2C(=O)N3CCC[C@H]3C(=O)N3CCS(=O)(=O)C[C@H]3C(=O)N[C@@H](C)C(=O)N3C[C@H](C)C[C@H]3C(=O)O[C@H]2C)c1. The summed E-state index contributed by atoms with van der Waals surface area (Å²) in [5.41, 5.74) is 2.32. The molecule has 6 rings (SSSR count). The summed E-state index contributed by atoms with van der Waals surface area (Å²) in [5.74, 6) is -7.19. The van der Waals surface area contributed by atoms with Gasteiger partial charge in [-0.25, -0.2) is 17.6 Å². The van der Waals surface area contributed by atoms with Gasteiger partial charge in [0.05, 0.1) is 17.9 Å². The predicted octanol–water partition coefficient (Wildman–Crippen LogP) is 0.501. The van der Waals surface area contributed by atoms with E-state index in [2.05, 4.69) is 16.0 Å². The first-order chi connectivity index (χ1) is 28.3. The lowest BCUT2D eigenvalue weighted by Crippen LogP contribution is -2.64. The second-order valence-electron chi connectivity index (χ2n) is 16.6. The van der Waals surface area contributed by atoms with Crippen LogP contribution in [0.2, 0.25) is 0 Å². The van der Waals surface area contributed by atoms with E-state index in [1.165, 1.54) is 35.8 Å². The van der Waals surface area contributed by atoms with Crippen molar-refractivity contribution in [1.29, 1.82) is 0 Å². The largest absolute Gasteiger partial charge is 0.458 e. The van der Waals surface area contributed by atoms with Crippen molar-refractivity contribution in [2.75, 3.05) is 31.1 Å². The highest BCUT2D eigenvalue weighted by Gasteiger charge is 2.48. The Morgan fingerprint density at radius 2 is 1.62 bits per heavy atom. The van der Waals surface area contributed by atoms with Crippen LogP contribution in [0.3, 0.4) is 0 Å². The summed E-state index contributed by atoms with van der Waals surface area (Å²) in [7, 11) is -3.77. The van der Waals surface area contributed by atoms with E-state index in [4.69, 9.17) is 4.74 Å². The standard InChI is InChI=1S/C42H53FN6O10S/c1-23-8-6-9-28(16-23)19-31(45-35(50)20-29-12-11-24(2)17-30(29)43)37(51)46-36-27(5)59-42(56)33-18-25(3)21-49(33)39(53)26(4)44-38(52)34-22-60(57,58)15-14-48(34)40(54)32-10-7-13-47(32)41(36)55/h6,8-9,11-12,16-17,25-27,31-34,36H,7,10,13-15,18-22H2,1-5H3,(H,44,52)(H,45,50)(H,46,51)/t25-,26+,27+,31+,32+,33+,34+,36+/m1/s1. The number of carbonyl (C=O) groups excluding carboxylic acids is 7. The number of sulfone groups is 1. The van der Waals surface area contributed by atoms with Crippen LogP contribution in [-0.2, 0) is 61.0 Å². The fraction of sp³-hybridized carbons (Fsp3) is 0.548. The summed E-state index contributed by atoms with van der Waals surface area (Å²) in [4.78, 5) is 102. The van der Waals surface area contributed by atoms with Crippen molar-refractivity contribution in [3.63, 3.8) is 0 Å². The third kappa shape index (κ3) is 9.96. The van der Waals surface area contributed by atoms with Gasteiger partial charge in [-0.3, -0.25) is 28.8 Å². The molecule has 2 aromatic rings. The normalized spacial score (nSPS) is 27.9. The van der Waals surface area contributed by atoms with E-state index in [1.54, 1.807) is 25.1 Å². The maximum atomic E-state index is 14.8. The van der Waals surface area contributed by atoms with Crippen LogP contribution in [0.1, 0.15) is 62.3 Å². The maximum Gasteiger partial charge on any atom is 0.329 e. The molecule has 3 N–H and O–H groups in total. The highest BCUT2D eigenvalue weighted by Crippen LogP contribution is 2.28. The molecule has 0 aliphatic carbocycles. The first-order valence-corrected chi connectivity index (χ1v) is 22.2. The lowest BCUT2D eigenvalue weighted by Gasteiger charge is -2.39. The Bertz CT molecular complexity index is 2170. The van der Waals surface area contributed by atoms with Crippen LogP contribution in [-0.4, -0.2) is 138 Å². The molecule has 4 heterocycles. The number of nitrogens with one attached hydrogen (secondary N) is 3. The third-order valence-electron chi connectivity index (χ3n) is 11.7. The van der Waals surface area contributed by atoms with Gasteiger partial charge in [0.25, 0.3) is 0 Å². The number of esters is 1. The zero-order chi connectivity index (χ0) is 43.6. The van der Waals surface area contributed by atoms with Crippen LogP contribution in [0, 0.1) is 25.6 Å². The molecular weight excluding hydrogens is 800 g/mol. The van der Waals surface area contributed by atoms with Gasteiger partial charge in [0, 0.05) is 26.1 Å². The molecule has 8 atom stereocenters. The van der Waals surface area contributed by atoms with Crippen molar-refractivity contribution in [1.82, 2.24) is 30.7 Å². The van der Waals surface area contributed by atoms with Gasteiger partial charge in [-0.05, 0) is 75.6 Å². The van der Waals surface area contributed by atoms with Crippen molar-refractivity contribution in [3.8, 4) is 0 Å². The molecule has 0 bridgehead atoms. The van der Waals surface area contributed by atoms with Gasteiger partial charge in [-0.15, -0.1) is 0 Å². The number of cyclic esters (lactones) is 1. The average Bonchev–Trinajstić information content (AvgIpc) is 3.83. The minimum Gasteiger partial charge on any atom is -0.458 e. The summed E-state index contributed by atoms with van der Waals surface area (Å²) >= 11 is 0. The Balaban J connectivity index is 1.35. The van der Waals surface area contributed by atoms with Crippen molar-refractivity contribution >= 4 is 51.2 Å². The van der Waals surface area contributed by atoms with E-state index in [9.17, 15) is 46.4 Å². The molecule has 16 nitrogen and oxygen atoms in total. The molecule has 60 heavy (non-hydrogen) atoms. The zero-order valence-corrected chi connectivity index (χ0v) is 35.3. The fourth-order valence-electron chi connectivity index (χ4n) is 8.54. The number of rotatable bonds is 7. The number of aryl methyl sites for hydroxylation is 2. The van der Waals surface area contributed by atoms with Gasteiger partial charge in [0.15, 0.2) is 9.84 Å². The Labute approximate surface area is 348 Å². The summed E-state index contributed by atoms with van der Waals surface area (Å²) in [6, 6.07) is 3.77. The van der Waals surface area contributed by atoms with Gasteiger partial charge in [0.2, 0.25) is 35.4 Å². The predicted molar refractivity (Wildman–Crippen MR) is 215 cm³/mol. The number of halogens is 1. The summed E-state index contributed by atoms with van der Waals surface area (Å²) in [5, 5.41) is 7.96. The summed E-state index contributed by atoms with van der Waals surface area (Å²) in [6.45, 7) is 8.07. The first-order valence-electron chi connectivity index (χ1n) is 20.3. The van der Waals surface area contributed by atoms with E-state index in [0.29, 0.717) is 17.5 Å². The molecule has 4 fully saturated rings. The third-order valence-corrected chi connectivity index (χ3v) is 13.3. The number of carbonyl (C=O) groups is 7. The minimum absolute atomic E-state index is 0.0356. The van der Waals surface area contributed by atoms with E-state index >= 15 is 0 Å². The molecule has 0 radical (unpaired) electrons. The number of hydrogen-bond donors (Lipinski definition) is 3. The zero-order valence-electron chi connectivity index (χ0n) is 34.4.